The monoisotopic (exact) mass is 155 g/mol. The number of methoxy groups -OCH3 is 1. The average Bonchev–Trinajstić information content (AvgIpc) is 2.31. The number of rotatable bonds is 3. The van der Waals surface area contributed by atoms with E-state index in [9.17, 15) is 0 Å². The van der Waals surface area contributed by atoms with Gasteiger partial charge >= 0.3 is 0 Å². The highest BCUT2D eigenvalue weighted by Gasteiger charge is 2.08. The first-order valence-corrected chi connectivity index (χ1v) is 3.77. The molecule has 0 atom stereocenters. The second kappa shape index (κ2) is 3.53. The Morgan fingerprint density at radius 2 is 2.36 bits per heavy atom. The van der Waals surface area contributed by atoms with Gasteiger partial charge < -0.3 is 4.74 Å². The molecule has 0 aromatic carbocycles. The number of hydrogen-bond acceptors (Lipinski definition) is 1. The van der Waals surface area contributed by atoms with E-state index in [1.807, 2.05) is 6.20 Å². The van der Waals surface area contributed by atoms with Gasteiger partial charge in [0.15, 0.2) is 0 Å². The first-order valence-electron chi connectivity index (χ1n) is 3.77. The molecule has 0 unspecified atom stereocenters. The van der Waals surface area contributed by atoms with Crippen LogP contribution in [-0.4, -0.2) is 18.7 Å². The number of H-pyrrole nitrogens is 1. The summed E-state index contributed by atoms with van der Waals surface area (Å²) in [7, 11) is 3.77. The summed E-state index contributed by atoms with van der Waals surface area (Å²) in [5.41, 5.74) is 1.28. The minimum absolute atomic E-state index is 0.783. The molecule has 0 aliphatic rings. The molecular weight excluding hydrogens is 140 g/mol. The third-order valence-electron chi connectivity index (χ3n) is 1.94. The molecule has 62 valence electrons. The van der Waals surface area contributed by atoms with Crippen LogP contribution in [0.4, 0.5) is 0 Å². The molecule has 0 spiro atoms. The van der Waals surface area contributed by atoms with Crippen molar-refractivity contribution in [1.82, 2.24) is 4.98 Å². The third-order valence-corrected chi connectivity index (χ3v) is 1.94. The lowest BCUT2D eigenvalue weighted by atomic mass is 10.3. The van der Waals surface area contributed by atoms with E-state index in [4.69, 9.17) is 4.74 Å². The zero-order valence-electron chi connectivity index (χ0n) is 7.35. The fourth-order valence-corrected chi connectivity index (χ4v) is 1.04. The van der Waals surface area contributed by atoms with Gasteiger partial charge in [-0.1, -0.05) is 0 Å². The van der Waals surface area contributed by atoms with Crippen LogP contribution in [0.15, 0.2) is 6.20 Å². The number of aromatic nitrogens is 2. The zero-order valence-corrected chi connectivity index (χ0v) is 7.35. The van der Waals surface area contributed by atoms with Gasteiger partial charge in [0.05, 0.1) is 13.7 Å². The van der Waals surface area contributed by atoms with Crippen LogP contribution in [0.5, 0.6) is 0 Å². The Hall–Kier alpha value is -0.830. The Balaban J connectivity index is 2.63. The topological polar surface area (TPSA) is 28.9 Å². The molecule has 0 aliphatic carbocycles. The molecule has 3 nitrogen and oxygen atoms in total. The smallest absolute Gasteiger partial charge is 0.251 e. The van der Waals surface area contributed by atoms with Crippen LogP contribution in [0, 0.1) is 6.92 Å². The predicted molar refractivity (Wildman–Crippen MR) is 42.3 cm³/mol. The van der Waals surface area contributed by atoms with E-state index in [1.165, 1.54) is 11.5 Å². The van der Waals surface area contributed by atoms with Crippen molar-refractivity contribution in [3.05, 3.63) is 17.7 Å². The van der Waals surface area contributed by atoms with Crippen LogP contribution in [0.25, 0.3) is 0 Å². The van der Waals surface area contributed by atoms with Crippen LogP contribution in [0.1, 0.15) is 11.5 Å². The van der Waals surface area contributed by atoms with Crippen molar-refractivity contribution in [2.24, 2.45) is 7.05 Å². The van der Waals surface area contributed by atoms with E-state index >= 15 is 0 Å². The number of nitrogens with zero attached hydrogens (tertiary/aromatic N) is 1. The highest BCUT2D eigenvalue weighted by Crippen LogP contribution is 1.93. The van der Waals surface area contributed by atoms with E-state index in [1.54, 1.807) is 7.11 Å². The fourth-order valence-electron chi connectivity index (χ4n) is 1.04. The molecule has 0 bridgehead atoms. The van der Waals surface area contributed by atoms with Crippen LogP contribution in [-0.2, 0) is 18.2 Å². The molecule has 3 heteroatoms. The van der Waals surface area contributed by atoms with Gasteiger partial charge in [-0.15, -0.1) is 0 Å². The predicted octanol–water partition coefficient (Wildman–Crippen LogP) is 0.337. The summed E-state index contributed by atoms with van der Waals surface area (Å²) < 4.78 is 7.12. The summed E-state index contributed by atoms with van der Waals surface area (Å²) in [6, 6.07) is 0. The van der Waals surface area contributed by atoms with Gasteiger partial charge in [0.2, 0.25) is 0 Å². The first kappa shape index (κ1) is 8.27. The molecule has 1 heterocycles. The molecule has 0 saturated carbocycles. The van der Waals surface area contributed by atoms with Gasteiger partial charge in [-0.2, -0.15) is 0 Å². The van der Waals surface area contributed by atoms with Crippen molar-refractivity contribution >= 4 is 0 Å². The number of ether oxygens (including phenoxy) is 1. The SMILES string of the molecule is COCCc1c[nH]c(C)[n+]1C. The quantitative estimate of drug-likeness (QED) is 0.626. The number of hydrogen-bond donors (Lipinski definition) is 1. The first-order chi connectivity index (χ1) is 5.25. The lowest BCUT2D eigenvalue weighted by Crippen LogP contribution is -2.34. The summed E-state index contributed by atoms with van der Waals surface area (Å²) >= 11 is 0. The van der Waals surface area contributed by atoms with Crippen LogP contribution in [0.3, 0.4) is 0 Å². The maximum Gasteiger partial charge on any atom is 0.251 e. The van der Waals surface area contributed by atoms with E-state index < -0.39 is 0 Å². The van der Waals surface area contributed by atoms with Gasteiger partial charge in [-0.25, -0.2) is 9.55 Å². The standard InChI is InChI=1S/C8H14N2O/c1-7-9-6-8(10(7)2)4-5-11-3/h6H,4-5H2,1-3H3/p+1. The highest BCUT2D eigenvalue weighted by molar-refractivity contribution is 4.89. The van der Waals surface area contributed by atoms with Gasteiger partial charge in [-0.3, -0.25) is 0 Å². The Bertz CT molecular complexity index is 230. The minimum atomic E-state index is 0.783. The molecule has 1 aromatic heterocycles. The number of aryl methyl sites for hydroxylation is 1. The van der Waals surface area contributed by atoms with E-state index in [0.717, 1.165) is 13.0 Å². The molecule has 0 radical (unpaired) electrons. The van der Waals surface area contributed by atoms with Crippen molar-refractivity contribution in [2.75, 3.05) is 13.7 Å². The number of aromatic amines is 1. The van der Waals surface area contributed by atoms with Gasteiger partial charge in [0.1, 0.15) is 11.9 Å². The Kier molecular flexibility index (Phi) is 2.65. The van der Waals surface area contributed by atoms with Crippen LogP contribution in [0.2, 0.25) is 0 Å². The van der Waals surface area contributed by atoms with Gasteiger partial charge in [-0.05, 0) is 0 Å². The Labute approximate surface area is 67.0 Å². The van der Waals surface area contributed by atoms with Crippen LogP contribution < -0.4 is 4.57 Å². The second-order valence-corrected chi connectivity index (χ2v) is 2.67. The Morgan fingerprint density at radius 1 is 1.64 bits per heavy atom. The molecule has 1 rings (SSSR count). The summed E-state index contributed by atoms with van der Waals surface area (Å²) in [5, 5.41) is 0. The molecule has 11 heavy (non-hydrogen) atoms. The van der Waals surface area contributed by atoms with E-state index in [0.29, 0.717) is 0 Å². The van der Waals surface area contributed by atoms with E-state index in [-0.39, 0.29) is 0 Å². The normalized spacial score (nSPS) is 10.5. The maximum absolute atomic E-state index is 4.98. The van der Waals surface area contributed by atoms with Gasteiger partial charge in [0.25, 0.3) is 5.82 Å². The maximum atomic E-state index is 4.98. The van der Waals surface area contributed by atoms with Gasteiger partial charge in [0, 0.05) is 20.5 Å². The van der Waals surface area contributed by atoms with Crippen molar-refractivity contribution in [1.29, 1.82) is 0 Å². The third kappa shape index (κ3) is 1.80. The van der Waals surface area contributed by atoms with Crippen molar-refractivity contribution in [2.45, 2.75) is 13.3 Å². The average molecular weight is 155 g/mol. The summed E-state index contributed by atoms with van der Waals surface area (Å²) in [4.78, 5) is 3.15. The summed E-state index contributed by atoms with van der Waals surface area (Å²) in [5.74, 6) is 1.18. The second-order valence-electron chi connectivity index (χ2n) is 2.67. The van der Waals surface area contributed by atoms with Crippen molar-refractivity contribution < 1.29 is 9.30 Å². The minimum Gasteiger partial charge on any atom is -0.384 e. The lowest BCUT2D eigenvalue weighted by Gasteiger charge is -1.95. The molecule has 0 aliphatic heterocycles. The summed E-state index contributed by atoms with van der Waals surface area (Å²) in [6.45, 7) is 2.83. The number of nitrogens with one attached hydrogen (secondary N) is 1. The highest BCUT2D eigenvalue weighted by atomic mass is 16.5. The Morgan fingerprint density at radius 3 is 2.82 bits per heavy atom. The molecule has 0 fully saturated rings. The van der Waals surface area contributed by atoms with E-state index in [2.05, 4.69) is 23.5 Å². The molecular formula is C8H15N2O+. The molecule has 0 amide bonds. The lowest BCUT2D eigenvalue weighted by molar-refractivity contribution is -0.683. The van der Waals surface area contributed by atoms with Crippen molar-refractivity contribution in [3.63, 3.8) is 0 Å². The molecule has 1 aromatic rings. The largest absolute Gasteiger partial charge is 0.384 e. The summed E-state index contributed by atoms with van der Waals surface area (Å²) in [6.07, 6.45) is 2.99. The number of imidazole rings is 1. The zero-order chi connectivity index (χ0) is 8.27. The fraction of sp³-hybridized carbons (Fsp3) is 0.625. The van der Waals surface area contributed by atoms with Crippen molar-refractivity contribution in [3.8, 4) is 0 Å². The van der Waals surface area contributed by atoms with Crippen LogP contribution >= 0.6 is 0 Å². The molecule has 0 saturated heterocycles. The molecule has 1 N–H and O–H groups in total.